The number of hydrogen-bond donors (Lipinski definition) is 0. The van der Waals surface area contributed by atoms with Crippen LogP contribution in [-0.2, 0) is 10.0 Å². The Morgan fingerprint density at radius 2 is 1.59 bits per heavy atom. The normalized spacial score (nSPS) is 18.2. The number of likely N-dealkylation sites (tertiary alicyclic amines) is 1. The summed E-state index contributed by atoms with van der Waals surface area (Å²) in [6.07, 6.45) is 3.04. The maximum Gasteiger partial charge on any atom is 0.265 e. The minimum atomic E-state index is -3.95. The van der Waals surface area contributed by atoms with Crippen molar-refractivity contribution in [1.29, 1.82) is 0 Å². The van der Waals surface area contributed by atoms with E-state index in [0.29, 0.717) is 35.1 Å². The van der Waals surface area contributed by atoms with Crippen LogP contribution in [0.15, 0.2) is 77.7 Å². The molecule has 2 heterocycles. The van der Waals surface area contributed by atoms with Crippen molar-refractivity contribution in [3.05, 3.63) is 88.9 Å². The molecule has 0 spiro atoms. The Bertz CT molecular complexity index is 1290. The molecule has 0 N–H and O–H groups in total. The van der Waals surface area contributed by atoms with Gasteiger partial charge in [0.15, 0.2) is 5.75 Å². The molecule has 3 aromatic carbocycles. The Hall–Kier alpha value is -3.03. The quantitative estimate of drug-likeness (QED) is 0.492. The topological polar surface area (TPSA) is 66.9 Å². The summed E-state index contributed by atoms with van der Waals surface area (Å²) in [6, 6.07) is 19.9. The van der Waals surface area contributed by atoms with Crippen LogP contribution in [0.25, 0.3) is 0 Å². The highest BCUT2D eigenvalue weighted by molar-refractivity contribution is 7.92. The van der Waals surface area contributed by atoms with Crippen LogP contribution in [0.1, 0.15) is 41.2 Å². The van der Waals surface area contributed by atoms with E-state index in [4.69, 9.17) is 16.3 Å². The first-order valence-electron chi connectivity index (χ1n) is 11.4. The van der Waals surface area contributed by atoms with E-state index >= 15 is 0 Å². The van der Waals surface area contributed by atoms with Crippen LogP contribution in [0, 0.1) is 0 Å². The van der Waals surface area contributed by atoms with E-state index in [0.717, 1.165) is 24.8 Å². The van der Waals surface area contributed by atoms with Gasteiger partial charge in [-0.05, 0) is 61.2 Å². The Balaban J connectivity index is 1.64. The predicted octanol–water partition coefficient (Wildman–Crippen LogP) is 5.30. The van der Waals surface area contributed by atoms with Crippen molar-refractivity contribution >= 4 is 33.2 Å². The number of halogens is 1. The molecule has 0 aliphatic carbocycles. The van der Waals surface area contributed by atoms with E-state index in [-0.39, 0.29) is 17.4 Å². The lowest BCUT2D eigenvalue weighted by atomic mass is 10.0. The van der Waals surface area contributed by atoms with Crippen molar-refractivity contribution < 1.29 is 17.9 Å². The first-order valence-corrected chi connectivity index (χ1v) is 13.2. The molecule has 0 aromatic heterocycles. The van der Waals surface area contributed by atoms with E-state index in [1.807, 2.05) is 4.90 Å². The molecule has 34 heavy (non-hydrogen) atoms. The number of para-hydroxylation sites is 1. The molecule has 6 nitrogen and oxygen atoms in total. The van der Waals surface area contributed by atoms with Crippen molar-refractivity contribution in [2.75, 3.05) is 24.0 Å². The van der Waals surface area contributed by atoms with E-state index in [9.17, 15) is 13.2 Å². The van der Waals surface area contributed by atoms with E-state index in [2.05, 4.69) is 0 Å². The molecule has 2 aliphatic rings. The fourth-order valence-electron chi connectivity index (χ4n) is 4.60. The first kappa shape index (κ1) is 22.7. The van der Waals surface area contributed by atoms with Crippen LogP contribution in [0.5, 0.6) is 5.75 Å². The van der Waals surface area contributed by atoms with Gasteiger partial charge in [0.05, 0.1) is 16.1 Å². The molecule has 8 heteroatoms. The molecule has 1 fully saturated rings. The number of hydrogen-bond acceptors (Lipinski definition) is 4. The summed E-state index contributed by atoms with van der Waals surface area (Å²) >= 11 is 6.08. The number of piperidine rings is 1. The van der Waals surface area contributed by atoms with Crippen molar-refractivity contribution in [3.8, 4) is 5.75 Å². The van der Waals surface area contributed by atoms with Crippen LogP contribution < -0.4 is 9.04 Å². The second-order valence-corrected chi connectivity index (χ2v) is 10.8. The third-order valence-corrected chi connectivity index (χ3v) is 8.42. The maximum absolute atomic E-state index is 13.9. The SMILES string of the molecule is O=C(c1cccc2c1OCC(c1ccc(Cl)cc1)N2S(=O)(=O)c1ccccc1)N1CCCCC1. The zero-order chi connectivity index (χ0) is 23.7. The molecular formula is C26H25ClN2O4S. The third-order valence-electron chi connectivity index (χ3n) is 6.33. The summed E-state index contributed by atoms with van der Waals surface area (Å²) in [4.78, 5) is 15.3. The number of anilines is 1. The van der Waals surface area contributed by atoms with Crippen LogP contribution >= 0.6 is 11.6 Å². The number of carbonyl (C=O) groups excluding carboxylic acids is 1. The van der Waals surface area contributed by atoms with E-state index in [1.54, 1.807) is 72.8 Å². The molecule has 0 bridgehead atoms. The fourth-order valence-corrected chi connectivity index (χ4v) is 6.38. The predicted molar refractivity (Wildman–Crippen MR) is 132 cm³/mol. The van der Waals surface area contributed by atoms with Crippen molar-refractivity contribution in [2.45, 2.75) is 30.2 Å². The van der Waals surface area contributed by atoms with Gasteiger partial charge in [0.2, 0.25) is 0 Å². The minimum Gasteiger partial charge on any atom is -0.488 e. The zero-order valence-corrected chi connectivity index (χ0v) is 20.1. The highest BCUT2D eigenvalue weighted by Crippen LogP contribution is 2.45. The average Bonchev–Trinajstić information content (AvgIpc) is 2.88. The Morgan fingerprint density at radius 3 is 2.29 bits per heavy atom. The van der Waals surface area contributed by atoms with E-state index < -0.39 is 16.1 Å². The second kappa shape index (κ2) is 9.31. The number of fused-ring (bicyclic) bond motifs is 1. The number of benzene rings is 3. The van der Waals surface area contributed by atoms with Crippen LogP contribution in [0.3, 0.4) is 0 Å². The molecule has 1 atom stereocenters. The molecule has 3 aromatic rings. The second-order valence-electron chi connectivity index (χ2n) is 8.50. The van der Waals surface area contributed by atoms with Gasteiger partial charge in [-0.25, -0.2) is 8.42 Å². The van der Waals surface area contributed by atoms with Crippen molar-refractivity contribution in [1.82, 2.24) is 4.90 Å². The molecule has 1 saturated heterocycles. The highest BCUT2D eigenvalue weighted by Gasteiger charge is 2.40. The third kappa shape index (κ3) is 4.14. The summed E-state index contributed by atoms with van der Waals surface area (Å²) in [5.41, 5.74) is 1.50. The molecule has 1 unspecified atom stereocenters. The monoisotopic (exact) mass is 496 g/mol. The standard InChI is InChI=1S/C26H25ClN2O4S/c27-20-14-12-19(13-15-20)24-18-33-25-22(26(30)28-16-5-2-6-17-28)10-7-11-23(25)29(24)34(31,32)21-8-3-1-4-9-21/h1,3-4,7-15,24H,2,5-6,16-18H2. The smallest absolute Gasteiger partial charge is 0.265 e. The van der Waals surface area contributed by atoms with Gasteiger partial charge >= 0.3 is 0 Å². The van der Waals surface area contributed by atoms with Crippen LogP contribution in [0.2, 0.25) is 5.02 Å². The molecule has 0 saturated carbocycles. The molecule has 5 rings (SSSR count). The molecule has 2 aliphatic heterocycles. The summed E-state index contributed by atoms with van der Waals surface area (Å²) in [5, 5.41) is 0.563. The molecule has 176 valence electrons. The molecular weight excluding hydrogens is 472 g/mol. The highest BCUT2D eigenvalue weighted by atomic mass is 35.5. The van der Waals surface area contributed by atoms with Gasteiger partial charge in [0, 0.05) is 18.1 Å². The Morgan fingerprint density at radius 1 is 0.882 bits per heavy atom. The van der Waals surface area contributed by atoms with Gasteiger partial charge < -0.3 is 9.64 Å². The van der Waals surface area contributed by atoms with E-state index in [1.165, 1.54) is 4.31 Å². The summed E-state index contributed by atoms with van der Waals surface area (Å²) in [6.45, 7) is 1.47. The Kier molecular flexibility index (Phi) is 6.23. The summed E-state index contributed by atoms with van der Waals surface area (Å²) < 4.78 is 35.4. The molecule has 0 radical (unpaired) electrons. The molecule has 1 amide bonds. The maximum atomic E-state index is 13.9. The number of rotatable bonds is 4. The summed E-state index contributed by atoms with van der Waals surface area (Å²) in [5.74, 6) is 0.182. The van der Waals surface area contributed by atoms with Gasteiger partial charge in [-0.3, -0.25) is 9.10 Å². The average molecular weight is 497 g/mol. The van der Waals surface area contributed by atoms with Crippen molar-refractivity contribution in [3.63, 3.8) is 0 Å². The lowest BCUT2D eigenvalue weighted by Crippen LogP contribution is -2.42. The van der Waals surface area contributed by atoms with Gasteiger partial charge in [-0.15, -0.1) is 0 Å². The van der Waals surface area contributed by atoms with Gasteiger partial charge in [0.1, 0.15) is 12.6 Å². The first-order chi connectivity index (χ1) is 16.5. The summed E-state index contributed by atoms with van der Waals surface area (Å²) in [7, 11) is -3.95. The lowest BCUT2D eigenvalue weighted by Gasteiger charge is -2.39. The largest absolute Gasteiger partial charge is 0.488 e. The van der Waals surface area contributed by atoms with Gasteiger partial charge in [-0.1, -0.05) is 48.0 Å². The fraction of sp³-hybridized carbons (Fsp3) is 0.269. The van der Waals surface area contributed by atoms with Crippen LogP contribution in [0.4, 0.5) is 5.69 Å². The van der Waals surface area contributed by atoms with Gasteiger partial charge in [0.25, 0.3) is 15.9 Å². The number of nitrogens with zero attached hydrogens (tertiary/aromatic N) is 2. The number of carbonyl (C=O) groups is 1. The van der Waals surface area contributed by atoms with Crippen LogP contribution in [-0.4, -0.2) is 38.9 Å². The zero-order valence-electron chi connectivity index (χ0n) is 18.6. The Labute approximate surface area is 204 Å². The number of ether oxygens (including phenoxy) is 1. The minimum absolute atomic E-state index is 0.0744. The number of sulfonamides is 1. The van der Waals surface area contributed by atoms with Crippen molar-refractivity contribution in [2.24, 2.45) is 0 Å². The lowest BCUT2D eigenvalue weighted by molar-refractivity contribution is 0.0719. The van der Waals surface area contributed by atoms with Gasteiger partial charge in [-0.2, -0.15) is 0 Å². The number of amides is 1.